The molecule has 1 unspecified atom stereocenters. The third kappa shape index (κ3) is 3.89. The summed E-state index contributed by atoms with van der Waals surface area (Å²) in [6, 6.07) is 2.00. The van der Waals surface area contributed by atoms with Gasteiger partial charge in [0.15, 0.2) is 0 Å². The third-order valence-corrected chi connectivity index (χ3v) is 2.80. The fourth-order valence-electron chi connectivity index (χ4n) is 1.79. The first-order chi connectivity index (χ1) is 8.38. The predicted molar refractivity (Wildman–Crippen MR) is 67.4 cm³/mol. The van der Waals surface area contributed by atoms with Gasteiger partial charge in [0.1, 0.15) is 5.75 Å². The molecule has 1 aromatic heterocycles. The molecular formula is C13H20N2O2. The van der Waals surface area contributed by atoms with E-state index in [1.54, 1.807) is 6.20 Å². The van der Waals surface area contributed by atoms with Gasteiger partial charge in [-0.05, 0) is 12.8 Å². The van der Waals surface area contributed by atoms with Crippen molar-refractivity contribution in [1.82, 2.24) is 4.98 Å². The van der Waals surface area contributed by atoms with Gasteiger partial charge in [-0.1, -0.05) is 6.92 Å². The van der Waals surface area contributed by atoms with E-state index in [2.05, 4.69) is 17.2 Å². The highest BCUT2D eigenvalue weighted by molar-refractivity contribution is 5.44. The average Bonchev–Trinajstić information content (AvgIpc) is 2.87. The Morgan fingerprint density at radius 3 is 3.24 bits per heavy atom. The molecule has 4 heteroatoms. The number of aromatic nitrogens is 1. The van der Waals surface area contributed by atoms with Crippen LogP contribution in [0.25, 0.3) is 0 Å². The SMILES string of the molecule is CCCNc1cncc(OCC2CCOC2)c1. The van der Waals surface area contributed by atoms with E-state index in [1.807, 2.05) is 12.3 Å². The Hall–Kier alpha value is -1.29. The van der Waals surface area contributed by atoms with Gasteiger partial charge in [0, 0.05) is 25.1 Å². The molecule has 0 amide bonds. The van der Waals surface area contributed by atoms with Crippen molar-refractivity contribution < 1.29 is 9.47 Å². The summed E-state index contributed by atoms with van der Waals surface area (Å²) in [6.07, 6.45) is 5.78. The van der Waals surface area contributed by atoms with Gasteiger partial charge in [0.2, 0.25) is 0 Å². The summed E-state index contributed by atoms with van der Waals surface area (Å²) in [5.41, 5.74) is 1.02. The molecule has 1 aliphatic heterocycles. The normalized spacial score (nSPS) is 19.2. The smallest absolute Gasteiger partial charge is 0.139 e. The molecule has 0 radical (unpaired) electrons. The summed E-state index contributed by atoms with van der Waals surface area (Å²) in [5.74, 6) is 1.36. The lowest BCUT2D eigenvalue weighted by Gasteiger charge is -2.11. The topological polar surface area (TPSA) is 43.4 Å². The monoisotopic (exact) mass is 236 g/mol. The summed E-state index contributed by atoms with van der Waals surface area (Å²) in [7, 11) is 0. The number of hydrogen-bond donors (Lipinski definition) is 1. The number of nitrogens with zero attached hydrogens (tertiary/aromatic N) is 1. The number of ether oxygens (including phenoxy) is 2. The van der Waals surface area contributed by atoms with Crippen LogP contribution < -0.4 is 10.1 Å². The minimum absolute atomic E-state index is 0.530. The maximum absolute atomic E-state index is 5.73. The fourth-order valence-corrected chi connectivity index (χ4v) is 1.79. The van der Waals surface area contributed by atoms with Crippen LogP contribution in [0, 0.1) is 5.92 Å². The van der Waals surface area contributed by atoms with Crippen molar-refractivity contribution >= 4 is 5.69 Å². The molecule has 0 aliphatic carbocycles. The molecule has 1 aliphatic rings. The van der Waals surface area contributed by atoms with E-state index in [0.717, 1.165) is 50.6 Å². The Labute approximate surface area is 102 Å². The van der Waals surface area contributed by atoms with Crippen LogP contribution in [-0.4, -0.2) is 31.3 Å². The lowest BCUT2D eigenvalue weighted by atomic mass is 10.1. The van der Waals surface area contributed by atoms with Gasteiger partial charge in [-0.15, -0.1) is 0 Å². The first kappa shape index (κ1) is 12.2. The second kappa shape index (κ2) is 6.45. The van der Waals surface area contributed by atoms with Crippen molar-refractivity contribution in [3.8, 4) is 5.75 Å². The molecule has 1 N–H and O–H groups in total. The van der Waals surface area contributed by atoms with Crippen molar-refractivity contribution in [3.63, 3.8) is 0 Å². The van der Waals surface area contributed by atoms with Crippen LogP contribution in [0.2, 0.25) is 0 Å². The molecule has 17 heavy (non-hydrogen) atoms. The molecule has 4 nitrogen and oxygen atoms in total. The summed E-state index contributed by atoms with van der Waals surface area (Å²) in [6.45, 7) is 5.51. The van der Waals surface area contributed by atoms with E-state index >= 15 is 0 Å². The standard InChI is InChI=1S/C13H20N2O2/c1-2-4-15-12-6-13(8-14-7-12)17-10-11-3-5-16-9-11/h6-8,11,15H,2-5,9-10H2,1H3. The van der Waals surface area contributed by atoms with Crippen molar-refractivity contribution in [2.45, 2.75) is 19.8 Å². The lowest BCUT2D eigenvalue weighted by Crippen LogP contribution is -2.11. The third-order valence-electron chi connectivity index (χ3n) is 2.80. The van der Waals surface area contributed by atoms with Gasteiger partial charge in [-0.25, -0.2) is 0 Å². The minimum atomic E-state index is 0.530. The first-order valence-electron chi connectivity index (χ1n) is 6.28. The highest BCUT2D eigenvalue weighted by Crippen LogP contribution is 2.18. The molecule has 1 fully saturated rings. The van der Waals surface area contributed by atoms with Crippen molar-refractivity contribution in [1.29, 1.82) is 0 Å². The van der Waals surface area contributed by atoms with Crippen LogP contribution in [0.3, 0.4) is 0 Å². The van der Waals surface area contributed by atoms with Crippen molar-refractivity contribution in [3.05, 3.63) is 18.5 Å². The van der Waals surface area contributed by atoms with E-state index in [1.165, 1.54) is 0 Å². The van der Waals surface area contributed by atoms with E-state index in [0.29, 0.717) is 5.92 Å². The van der Waals surface area contributed by atoms with Crippen LogP contribution in [-0.2, 0) is 4.74 Å². The predicted octanol–water partition coefficient (Wildman–Crippen LogP) is 2.32. The van der Waals surface area contributed by atoms with Crippen LogP contribution in [0.4, 0.5) is 5.69 Å². The second-order valence-electron chi connectivity index (χ2n) is 4.38. The zero-order chi connectivity index (χ0) is 11.9. The Bertz CT molecular complexity index is 338. The lowest BCUT2D eigenvalue weighted by molar-refractivity contribution is 0.167. The highest BCUT2D eigenvalue weighted by Gasteiger charge is 2.16. The van der Waals surface area contributed by atoms with E-state index in [-0.39, 0.29) is 0 Å². The van der Waals surface area contributed by atoms with Crippen LogP contribution >= 0.6 is 0 Å². The maximum Gasteiger partial charge on any atom is 0.139 e. The minimum Gasteiger partial charge on any atom is -0.492 e. The Morgan fingerprint density at radius 1 is 1.53 bits per heavy atom. The molecule has 2 rings (SSSR count). The van der Waals surface area contributed by atoms with Crippen molar-refractivity contribution in [2.75, 3.05) is 31.7 Å². The molecule has 0 bridgehead atoms. The molecule has 1 atom stereocenters. The Kier molecular flexibility index (Phi) is 4.62. The molecular weight excluding hydrogens is 216 g/mol. The van der Waals surface area contributed by atoms with Gasteiger partial charge in [0.05, 0.1) is 31.3 Å². The fraction of sp³-hybridized carbons (Fsp3) is 0.615. The first-order valence-corrected chi connectivity index (χ1v) is 6.28. The average molecular weight is 236 g/mol. The summed E-state index contributed by atoms with van der Waals surface area (Å²) >= 11 is 0. The zero-order valence-electron chi connectivity index (χ0n) is 10.3. The van der Waals surface area contributed by atoms with Gasteiger partial charge in [-0.3, -0.25) is 4.98 Å². The number of hydrogen-bond acceptors (Lipinski definition) is 4. The molecule has 2 heterocycles. The van der Waals surface area contributed by atoms with Gasteiger partial charge in [0.25, 0.3) is 0 Å². The maximum atomic E-state index is 5.73. The molecule has 0 aromatic carbocycles. The molecule has 1 saturated heterocycles. The summed E-state index contributed by atoms with van der Waals surface area (Å²) in [5, 5.41) is 3.30. The largest absolute Gasteiger partial charge is 0.492 e. The molecule has 94 valence electrons. The number of nitrogens with one attached hydrogen (secondary N) is 1. The number of anilines is 1. The second-order valence-corrected chi connectivity index (χ2v) is 4.38. The quantitative estimate of drug-likeness (QED) is 0.823. The zero-order valence-corrected chi connectivity index (χ0v) is 10.3. The van der Waals surface area contributed by atoms with Gasteiger partial charge < -0.3 is 14.8 Å². The van der Waals surface area contributed by atoms with Crippen molar-refractivity contribution in [2.24, 2.45) is 5.92 Å². The van der Waals surface area contributed by atoms with Gasteiger partial charge in [-0.2, -0.15) is 0 Å². The van der Waals surface area contributed by atoms with Crippen LogP contribution in [0.1, 0.15) is 19.8 Å². The molecule has 1 aromatic rings. The Morgan fingerprint density at radius 2 is 2.47 bits per heavy atom. The summed E-state index contributed by atoms with van der Waals surface area (Å²) in [4.78, 5) is 4.16. The van der Waals surface area contributed by atoms with E-state index < -0.39 is 0 Å². The Balaban J connectivity index is 1.82. The van der Waals surface area contributed by atoms with Crippen LogP contribution in [0.5, 0.6) is 5.75 Å². The molecule has 0 saturated carbocycles. The van der Waals surface area contributed by atoms with Gasteiger partial charge >= 0.3 is 0 Å². The molecule has 0 spiro atoms. The highest BCUT2D eigenvalue weighted by atomic mass is 16.5. The van der Waals surface area contributed by atoms with E-state index in [4.69, 9.17) is 9.47 Å². The number of rotatable bonds is 6. The summed E-state index contributed by atoms with van der Waals surface area (Å²) < 4.78 is 11.0. The number of pyridine rings is 1. The van der Waals surface area contributed by atoms with E-state index in [9.17, 15) is 0 Å². The van der Waals surface area contributed by atoms with Crippen LogP contribution in [0.15, 0.2) is 18.5 Å².